The van der Waals surface area contributed by atoms with Crippen LogP contribution in [-0.2, 0) is 6.18 Å². The summed E-state index contributed by atoms with van der Waals surface area (Å²) in [6.45, 7) is -1.47. The molecule has 0 aliphatic carbocycles. The highest BCUT2D eigenvalue weighted by Gasteiger charge is 2.37. The molecule has 10 heteroatoms. The van der Waals surface area contributed by atoms with Crippen LogP contribution >= 0.6 is 0 Å². The van der Waals surface area contributed by atoms with E-state index in [1.54, 1.807) is 0 Å². The lowest BCUT2D eigenvalue weighted by Crippen LogP contribution is -2.22. The van der Waals surface area contributed by atoms with E-state index in [-0.39, 0.29) is 11.2 Å². The molecule has 2 rings (SSSR count). The van der Waals surface area contributed by atoms with E-state index < -0.39 is 41.2 Å². The lowest BCUT2D eigenvalue weighted by atomic mass is 10.1. The summed E-state index contributed by atoms with van der Waals surface area (Å²) in [7, 11) is 0. The van der Waals surface area contributed by atoms with Gasteiger partial charge in [0.1, 0.15) is 12.1 Å². The number of hydrogen-bond acceptors (Lipinski definition) is 2. The zero-order chi connectivity index (χ0) is 16.7. The van der Waals surface area contributed by atoms with Crippen molar-refractivity contribution in [1.29, 1.82) is 0 Å². The van der Waals surface area contributed by atoms with Crippen LogP contribution < -0.4 is 10.9 Å². The second-order valence-electron chi connectivity index (χ2n) is 4.37. The van der Waals surface area contributed by atoms with E-state index in [0.717, 1.165) is 12.1 Å². The molecule has 2 N–H and O–H groups in total. The highest BCUT2D eigenvalue weighted by atomic mass is 19.4. The molecule has 1 aromatic carbocycles. The summed E-state index contributed by atoms with van der Waals surface area (Å²) in [5.74, 6) is -2.03. The number of anilines is 1. The number of alkyl halides is 6. The Kier molecular flexibility index (Phi) is 3.80. The largest absolute Gasteiger partial charge is 0.420 e. The van der Waals surface area contributed by atoms with Crippen LogP contribution in [0.5, 0.6) is 0 Å². The molecule has 1 heterocycles. The van der Waals surface area contributed by atoms with Crippen molar-refractivity contribution < 1.29 is 30.7 Å². The zero-order valence-corrected chi connectivity index (χ0v) is 10.5. The molecule has 0 amide bonds. The normalized spacial score (nSPS) is 12.7. The first-order valence-electron chi connectivity index (χ1n) is 5.72. The number of H-pyrrole nitrogens is 1. The summed E-state index contributed by atoms with van der Waals surface area (Å²) < 4.78 is 88.4. The molecule has 22 heavy (non-hydrogen) atoms. The highest BCUT2D eigenvalue weighted by Crippen LogP contribution is 2.36. The average Bonchev–Trinajstić information content (AvgIpc) is 2.35. The van der Waals surface area contributed by atoms with Gasteiger partial charge >= 0.3 is 12.4 Å². The molecular weight excluding hydrogens is 321 g/mol. The van der Waals surface area contributed by atoms with E-state index in [1.165, 1.54) is 0 Å². The van der Waals surface area contributed by atoms with Crippen LogP contribution in [0.1, 0.15) is 5.56 Å². The van der Waals surface area contributed by atoms with E-state index in [0.29, 0.717) is 6.07 Å². The number of pyridine rings is 1. The van der Waals surface area contributed by atoms with Crippen LogP contribution in [0.3, 0.4) is 0 Å². The Bertz CT molecular complexity index is 761. The first-order valence-corrected chi connectivity index (χ1v) is 5.72. The van der Waals surface area contributed by atoms with Gasteiger partial charge in [0.25, 0.3) is 5.56 Å². The van der Waals surface area contributed by atoms with Crippen molar-refractivity contribution in [2.75, 3.05) is 11.9 Å². The number of fused-ring (bicyclic) bond motifs is 1. The van der Waals surface area contributed by atoms with Crippen molar-refractivity contribution in [2.24, 2.45) is 0 Å². The monoisotopic (exact) mass is 328 g/mol. The van der Waals surface area contributed by atoms with Gasteiger partial charge in [-0.15, -0.1) is 0 Å². The Balaban J connectivity index is 2.60. The van der Waals surface area contributed by atoms with E-state index in [1.807, 2.05) is 10.3 Å². The second kappa shape index (κ2) is 5.18. The smallest absolute Gasteiger partial charge is 0.376 e. The quantitative estimate of drug-likeness (QED) is 0.827. The van der Waals surface area contributed by atoms with Gasteiger partial charge in [-0.05, 0) is 18.2 Å². The van der Waals surface area contributed by atoms with Gasteiger partial charge in [-0.25, -0.2) is 4.39 Å². The first kappa shape index (κ1) is 16.1. The summed E-state index contributed by atoms with van der Waals surface area (Å²) in [5, 5.41) is 1.14. The minimum atomic E-state index is -5.17. The maximum Gasteiger partial charge on any atom is 0.420 e. The third kappa shape index (κ3) is 3.31. The number of halogens is 7. The number of hydrogen-bond donors (Lipinski definition) is 2. The van der Waals surface area contributed by atoms with Gasteiger partial charge in [-0.3, -0.25) is 4.79 Å². The van der Waals surface area contributed by atoms with Crippen LogP contribution in [0.15, 0.2) is 23.0 Å². The maximum absolute atomic E-state index is 13.5. The Morgan fingerprint density at radius 1 is 1.09 bits per heavy atom. The second-order valence-corrected chi connectivity index (χ2v) is 4.37. The molecule has 0 saturated heterocycles. The molecule has 0 bridgehead atoms. The fraction of sp³-hybridized carbons (Fsp3) is 0.250. The first-order chi connectivity index (χ1) is 9.99. The van der Waals surface area contributed by atoms with E-state index in [2.05, 4.69) is 0 Å². The van der Waals surface area contributed by atoms with Gasteiger partial charge in [0.2, 0.25) is 5.82 Å². The van der Waals surface area contributed by atoms with Gasteiger partial charge in [0.05, 0.1) is 0 Å². The average molecular weight is 328 g/mol. The van der Waals surface area contributed by atoms with Crippen LogP contribution in [0.2, 0.25) is 0 Å². The third-order valence-electron chi connectivity index (χ3n) is 2.73. The number of rotatable bonds is 2. The molecule has 3 nitrogen and oxygen atoms in total. The zero-order valence-electron chi connectivity index (χ0n) is 10.5. The van der Waals surface area contributed by atoms with Crippen molar-refractivity contribution in [3.8, 4) is 0 Å². The number of benzene rings is 1. The molecule has 0 radical (unpaired) electrons. The predicted molar refractivity (Wildman–Crippen MR) is 64.1 cm³/mol. The lowest BCUT2D eigenvalue weighted by molar-refractivity contribution is -0.138. The van der Waals surface area contributed by atoms with Gasteiger partial charge < -0.3 is 10.3 Å². The van der Waals surface area contributed by atoms with Crippen molar-refractivity contribution >= 4 is 16.6 Å². The lowest BCUT2D eigenvalue weighted by Gasteiger charge is -2.14. The molecule has 1 aromatic heterocycles. The van der Waals surface area contributed by atoms with Gasteiger partial charge in [0.15, 0.2) is 0 Å². The Labute approximate surface area is 117 Å². The Hall–Kier alpha value is -2.26. The standard InChI is InChI=1S/C12H7F7N2O/c13-9-8(12(17,18)19)6-3-5(20-4-11(14,15)16)1-2-7(6)21-10(9)22/h1-3,20H,4H2,(H,21,22). The summed E-state index contributed by atoms with van der Waals surface area (Å²) in [6.07, 6.45) is -9.74. The van der Waals surface area contributed by atoms with Crippen molar-refractivity contribution in [3.63, 3.8) is 0 Å². The molecule has 0 saturated carbocycles. The van der Waals surface area contributed by atoms with Crippen LogP contribution in [0, 0.1) is 5.82 Å². The predicted octanol–water partition coefficient (Wildman–Crippen LogP) is 3.66. The Morgan fingerprint density at radius 2 is 1.73 bits per heavy atom. The Morgan fingerprint density at radius 3 is 2.27 bits per heavy atom. The van der Waals surface area contributed by atoms with Gasteiger partial charge in [0, 0.05) is 16.6 Å². The molecule has 0 aliphatic heterocycles. The van der Waals surface area contributed by atoms with Crippen molar-refractivity contribution in [1.82, 2.24) is 4.98 Å². The molecule has 0 unspecified atom stereocenters. The molecule has 0 fully saturated rings. The molecule has 0 atom stereocenters. The summed E-state index contributed by atoms with van der Waals surface area (Å²) in [4.78, 5) is 13.0. The fourth-order valence-electron chi connectivity index (χ4n) is 1.86. The number of aromatic amines is 1. The number of nitrogens with one attached hydrogen (secondary N) is 2. The minimum absolute atomic E-state index is 0.290. The number of aromatic nitrogens is 1. The van der Waals surface area contributed by atoms with E-state index in [4.69, 9.17) is 0 Å². The maximum atomic E-state index is 13.5. The van der Waals surface area contributed by atoms with Gasteiger partial charge in [-0.2, -0.15) is 26.3 Å². The molecule has 0 aliphatic rings. The van der Waals surface area contributed by atoms with Crippen molar-refractivity contribution in [3.05, 3.63) is 39.9 Å². The SMILES string of the molecule is O=c1[nH]c2ccc(NCC(F)(F)F)cc2c(C(F)(F)F)c1F. The molecule has 2 aromatic rings. The summed E-state index contributed by atoms with van der Waals surface area (Å²) in [6, 6.07) is 2.70. The van der Waals surface area contributed by atoms with Crippen LogP contribution in [-0.4, -0.2) is 17.7 Å². The summed E-state index contributed by atoms with van der Waals surface area (Å²) >= 11 is 0. The van der Waals surface area contributed by atoms with E-state index in [9.17, 15) is 35.5 Å². The minimum Gasteiger partial charge on any atom is -0.376 e. The fourth-order valence-corrected chi connectivity index (χ4v) is 1.86. The van der Waals surface area contributed by atoms with E-state index >= 15 is 0 Å². The van der Waals surface area contributed by atoms with Crippen LogP contribution in [0.25, 0.3) is 10.9 Å². The molecule has 0 spiro atoms. The van der Waals surface area contributed by atoms with Crippen molar-refractivity contribution in [2.45, 2.75) is 12.4 Å². The van der Waals surface area contributed by atoms with Crippen LogP contribution in [0.4, 0.5) is 36.4 Å². The highest BCUT2D eigenvalue weighted by molar-refractivity contribution is 5.86. The topological polar surface area (TPSA) is 44.9 Å². The van der Waals surface area contributed by atoms with Gasteiger partial charge in [-0.1, -0.05) is 0 Å². The molecular formula is C12H7F7N2O. The molecule has 120 valence electrons. The third-order valence-corrected chi connectivity index (χ3v) is 2.73. The summed E-state index contributed by atoms with van der Waals surface area (Å²) in [5.41, 5.74) is -4.00.